The molecule has 2 nitrogen and oxygen atoms in total. The van der Waals surface area contributed by atoms with Crippen molar-refractivity contribution in [1.82, 2.24) is 0 Å². The maximum Gasteiger partial charge on any atom is 0.192 e. The van der Waals surface area contributed by atoms with Crippen molar-refractivity contribution in [3.8, 4) is 0 Å². The zero-order valence-corrected chi connectivity index (χ0v) is 15.0. The third kappa shape index (κ3) is 2.67. The van der Waals surface area contributed by atoms with E-state index in [1.54, 1.807) is 0 Å². The van der Waals surface area contributed by atoms with Crippen LogP contribution in [0.3, 0.4) is 0 Å². The first-order valence-electron chi connectivity index (χ1n) is 5.54. The highest BCUT2D eigenvalue weighted by atomic mass is 127. The average Bonchev–Trinajstić information content (AvgIpc) is 2.47. The molecule has 0 radical (unpaired) electrons. The summed E-state index contributed by atoms with van der Waals surface area (Å²) in [5.41, 5.74) is 0.181. The van der Waals surface area contributed by atoms with E-state index in [2.05, 4.69) is 79.8 Å². The van der Waals surface area contributed by atoms with E-state index in [-0.39, 0.29) is 16.4 Å². The predicted octanol–water partition coefficient (Wildman–Crippen LogP) is 4.10. The third-order valence-corrected chi connectivity index (χ3v) is 5.87. The molecule has 0 aromatic rings. The Labute approximate surface area is 126 Å². The number of hydrogen-bond donors (Lipinski definition) is 0. The molecule has 0 aliphatic carbocycles. The van der Waals surface area contributed by atoms with Crippen LogP contribution >= 0.6 is 45.2 Å². The SMILES string of the molecule is CC1(C)COC(C(CI)(CI)C(C)(C)C)=N1. The number of nitrogens with zero attached hydrogens (tertiary/aromatic N) is 1. The average molecular weight is 449 g/mol. The second kappa shape index (κ2) is 4.90. The van der Waals surface area contributed by atoms with E-state index < -0.39 is 0 Å². The molecule has 0 unspecified atom stereocenters. The van der Waals surface area contributed by atoms with Gasteiger partial charge >= 0.3 is 0 Å². The van der Waals surface area contributed by atoms with Gasteiger partial charge in [0, 0.05) is 8.86 Å². The summed E-state index contributed by atoms with van der Waals surface area (Å²) < 4.78 is 7.98. The number of ether oxygens (including phenoxy) is 1. The van der Waals surface area contributed by atoms with Crippen LogP contribution < -0.4 is 0 Å². The summed E-state index contributed by atoms with van der Waals surface area (Å²) in [6.07, 6.45) is 0. The van der Waals surface area contributed by atoms with Crippen molar-refractivity contribution >= 4 is 51.1 Å². The Balaban J connectivity index is 3.14. The van der Waals surface area contributed by atoms with Crippen molar-refractivity contribution in [2.75, 3.05) is 15.5 Å². The summed E-state index contributed by atoms with van der Waals surface area (Å²) in [4.78, 5) is 4.79. The predicted molar refractivity (Wildman–Crippen MR) is 87.1 cm³/mol. The van der Waals surface area contributed by atoms with Gasteiger partial charge in [0.15, 0.2) is 5.90 Å². The first kappa shape index (κ1) is 15.0. The highest BCUT2D eigenvalue weighted by molar-refractivity contribution is 14.1. The van der Waals surface area contributed by atoms with Gasteiger partial charge in [-0.1, -0.05) is 66.0 Å². The highest BCUT2D eigenvalue weighted by Gasteiger charge is 2.49. The van der Waals surface area contributed by atoms with Gasteiger partial charge < -0.3 is 4.74 Å². The second-order valence-corrected chi connectivity index (χ2v) is 7.64. The zero-order chi connectivity index (χ0) is 12.6. The molecule has 0 N–H and O–H groups in total. The smallest absolute Gasteiger partial charge is 0.192 e. The fourth-order valence-electron chi connectivity index (χ4n) is 1.70. The lowest BCUT2D eigenvalue weighted by molar-refractivity contribution is 0.178. The fourth-order valence-corrected chi connectivity index (χ4v) is 6.21. The van der Waals surface area contributed by atoms with Crippen LogP contribution in [-0.2, 0) is 4.74 Å². The molecule has 1 aliphatic rings. The minimum atomic E-state index is -0.0521. The van der Waals surface area contributed by atoms with Gasteiger partial charge in [0.25, 0.3) is 0 Å². The Morgan fingerprint density at radius 2 is 1.75 bits per heavy atom. The summed E-state index contributed by atoms with van der Waals surface area (Å²) in [6, 6.07) is 0. The highest BCUT2D eigenvalue weighted by Crippen LogP contribution is 2.45. The van der Waals surface area contributed by atoms with E-state index in [9.17, 15) is 0 Å². The largest absolute Gasteiger partial charge is 0.478 e. The van der Waals surface area contributed by atoms with Crippen LogP contribution in [0.1, 0.15) is 34.6 Å². The molecule has 1 aliphatic heterocycles. The topological polar surface area (TPSA) is 21.6 Å². The van der Waals surface area contributed by atoms with Crippen molar-refractivity contribution < 1.29 is 4.74 Å². The Hall–Kier alpha value is 0.930. The minimum absolute atomic E-state index is 0.0521. The van der Waals surface area contributed by atoms with E-state index in [1.807, 2.05) is 0 Å². The summed E-state index contributed by atoms with van der Waals surface area (Å²) in [7, 11) is 0. The molecule has 16 heavy (non-hydrogen) atoms. The molecular formula is C12H21I2NO. The molecule has 0 amide bonds. The van der Waals surface area contributed by atoms with E-state index in [1.165, 1.54) is 0 Å². The molecule has 1 rings (SSSR count). The number of rotatable bonds is 3. The van der Waals surface area contributed by atoms with Crippen LogP contribution in [0.15, 0.2) is 4.99 Å². The standard InChI is InChI=1S/C12H21I2NO/c1-10(2,3)12(6-13,7-14)9-15-11(4,5)8-16-9/h6-8H2,1-5H3. The van der Waals surface area contributed by atoms with Gasteiger partial charge in [-0.15, -0.1) is 0 Å². The quantitative estimate of drug-likeness (QED) is 0.470. The van der Waals surface area contributed by atoms with Crippen molar-refractivity contribution in [2.45, 2.75) is 40.2 Å². The molecule has 0 atom stereocenters. The van der Waals surface area contributed by atoms with Gasteiger partial charge in [-0.25, -0.2) is 4.99 Å². The first-order valence-corrected chi connectivity index (χ1v) is 8.59. The number of alkyl halides is 2. The van der Waals surface area contributed by atoms with Crippen LogP contribution in [0.25, 0.3) is 0 Å². The summed E-state index contributed by atoms with van der Waals surface area (Å²) in [5.74, 6) is 0.966. The van der Waals surface area contributed by atoms with Gasteiger partial charge in [0.2, 0.25) is 0 Å². The van der Waals surface area contributed by atoms with Gasteiger partial charge in [-0.3, -0.25) is 0 Å². The molecule has 0 spiro atoms. The maximum absolute atomic E-state index is 5.88. The first-order chi connectivity index (χ1) is 7.18. The van der Waals surface area contributed by atoms with Gasteiger partial charge in [-0.2, -0.15) is 0 Å². The van der Waals surface area contributed by atoms with Gasteiger partial charge in [0.1, 0.15) is 6.61 Å². The fraction of sp³-hybridized carbons (Fsp3) is 0.917. The van der Waals surface area contributed by atoms with E-state index >= 15 is 0 Å². The van der Waals surface area contributed by atoms with Crippen LogP contribution in [-0.4, -0.2) is 26.9 Å². The molecule has 4 heteroatoms. The van der Waals surface area contributed by atoms with Crippen molar-refractivity contribution in [3.63, 3.8) is 0 Å². The Morgan fingerprint density at radius 1 is 1.25 bits per heavy atom. The second-order valence-electron chi connectivity index (χ2n) is 6.12. The molecule has 0 bridgehead atoms. The maximum atomic E-state index is 5.88. The van der Waals surface area contributed by atoms with Crippen LogP contribution in [0.4, 0.5) is 0 Å². The molecule has 1 heterocycles. The molecule has 0 aromatic carbocycles. The third-order valence-electron chi connectivity index (χ3n) is 3.27. The van der Waals surface area contributed by atoms with Crippen LogP contribution in [0.2, 0.25) is 0 Å². The minimum Gasteiger partial charge on any atom is -0.478 e. The van der Waals surface area contributed by atoms with Crippen LogP contribution in [0, 0.1) is 10.8 Å². The van der Waals surface area contributed by atoms with E-state index in [0.717, 1.165) is 14.8 Å². The number of hydrogen-bond acceptors (Lipinski definition) is 2. The summed E-state index contributed by atoms with van der Waals surface area (Å²) >= 11 is 4.93. The molecule has 0 saturated carbocycles. The monoisotopic (exact) mass is 449 g/mol. The Bertz CT molecular complexity index is 288. The van der Waals surface area contributed by atoms with Crippen molar-refractivity contribution in [3.05, 3.63) is 0 Å². The molecule has 94 valence electrons. The van der Waals surface area contributed by atoms with E-state index in [4.69, 9.17) is 9.73 Å². The number of halogens is 2. The lowest BCUT2D eigenvalue weighted by atomic mass is 9.69. The van der Waals surface area contributed by atoms with Gasteiger partial charge in [0.05, 0.1) is 11.0 Å². The van der Waals surface area contributed by atoms with Crippen molar-refractivity contribution in [1.29, 1.82) is 0 Å². The molecular weight excluding hydrogens is 428 g/mol. The number of aliphatic imine (C=N–C) groups is 1. The summed E-state index contributed by atoms with van der Waals surface area (Å²) in [6.45, 7) is 11.8. The Morgan fingerprint density at radius 3 is 2.00 bits per heavy atom. The molecule has 0 aromatic heterocycles. The molecule has 0 saturated heterocycles. The Kier molecular flexibility index (Phi) is 4.59. The van der Waals surface area contributed by atoms with Gasteiger partial charge in [-0.05, 0) is 19.3 Å². The summed E-state index contributed by atoms with van der Waals surface area (Å²) in [5, 5.41) is 0. The normalized spacial score (nSPS) is 20.6. The zero-order valence-electron chi connectivity index (χ0n) is 10.7. The van der Waals surface area contributed by atoms with Crippen molar-refractivity contribution in [2.24, 2.45) is 15.8 Å². The molecule has 0 fully saturated rings. The lowest BCUT2D eigenvalue weighted by Gasteiger charge is -2.41. The van der Waals surface area contributed by atoms with Crippen LogP contribution in [0.5, 0.6) is 0 Å². The lowest BCUT2D eigenvalue weighted by Crippen LogP contribution is -2.46. The van der Waals surface area contributed by atoms with E-state index in [0.29, 0.717) is 6.61 Å².